The van der Waals surface area contributed by atoms with Gasteiger partial charge < -0.3 is 0 Å². The van der Waals surface area contributed by atoms with Crippen LogP contribution >= 0.6 is 21.6 Å². The molecule has 6 heteroatoms. The third-order valence-electron chi connectivity index (χ3n) is 2.23. The normalized spacial score (nSPS) is 17.6. The van der Waals surface area contributed by atoms with E-state index in [4.69, 9.17) is 19.6 Å². The summed E-state index contributed by atoms with van der Waals surface area (Å²) in [6.07, 6.45) is 2.42. The number of hydrogen-bond acceptors (Lipinski definition) is 6. The van der Waals surface area contributed by atoms with Gasteiger partial charge in [-0.25, -0.2) is 9.78 Å². The average molecular weight is 325 g/mol. The highest BCUT2D eigenvalue weighted by Gasteiger charge is 2.44. The van der Waals surface area contributed by atoms with E-state index in [1.807, 2.05) is 63.1 Å². The van der Waals surface area contributed by atoms with Gasteiger partial charge in [0.25, 0.3) is 0 Å². The molecule has 0 spiro atoms. The maximum atomic E-state index is 5.71. The minimum absolute atomic E-state index is 0.381. The zero-order valence-corrected chi connectivity index (χ0v) is 15.3. The average Bonchev–Trinajstić information content (AvgIpc) is 3.06. The first kappa shape index (κ1) is 18.6. The lowest BCUT2D eigenvalue weighted by Crippen LogP contribution is -2.42. The van der Waals surface area contributed by atoms with Gasteiger partial charge in [-0.15, -0.1) is 0 Å². The molecule has 1 aliphatic heterocycles. The molecule has 0 unspecified atom stereocenters. The Morgan fingerprint density at radius 3 is 1.55 bits per heavy atom. The molecule has 1 aliphatic rings. The van der Waals surface area contributed by atoms with Crippen molar-refractivity contribution in [2.24, 2.45) is 0 Å². The minimum Gasteiger partial charge on any atom is -0.228 e. The van der Waals surface area contributed by atoms with Crippen LogP contribution in [-0.4, -0.2) is 21.6 Å². The molecule has 1 fully saturated rings. The monoisotopic (exact) mass is 324 g/mol. The van der Waals surface area contributed by atoms with E-state index in [2.05, 4.69) is 6.92 Å². The van der Waals surface area contributed by atoms with Crippen LogP contribution in [-0.2, 0) is 19.6 Å². The van der Waals surface area contributed by atoms with E-state index in [0.29, 0.717) is 4.58 Å². The summed E-state index contributed by atoms with van der Waals surface area (Å²) in [6.45, 7) is 13.8. The summed E-state index contributed by atoms with van der Waals surface area (Å²) in [7, 11) is 3.67. The van der Waals surface area contributed by atoms with E-state index >= 15 is 0 Å². The fourth-order valence-electron chi connectivity index (χ4n) is 1.41. The Balaban J connectivity index is 2.70. The summed E-state index contributed by atoms with van der Waals surface area (Å²) < 4.78 is 0.494. The van der Waals surface area contributed by atoms with Crippen molar-refractivity contribution in [1.29, 1.82) is 0 Å². The summed E-state index contributed by atoms with van der Waals surface area (Å²) in [5.74, 6) is -0.837. The second-order valence-electron chi connectivity index (χ2n) is 7.04. The van der Waals surface area contributed by atoms with Crippen LogP contribution in [0, 0.1) is 0 Å². The van der Waals surface area contributed by atoms with Crippen molar-refractivity contribution < 1.29 is 19.6 Å². The lowest BCUT2D eigenvalue weighted by Gasteiger charge is -2.35. The first-order chi connectivity index (χ1) is 9.05. The van der Waals surface area contributed by atoms with Crippen molar-refractivity contribution in [3.63, 3.8) is 0 Å². The van der Waals surface area contributed by atoms with E-state index in [9.17, 15) is 0 Å². The van der Waals surface area contributed by atoms with Gasteiger partial charge in [0, 0.05) is 12.8 Å². The van der Waals surface area contributed by atoms with Crippen molar-refractivity contribution in [3.05, 3.63) is 0 Å². The third kappa shape index (κ3) is 8.10. The number of rotatable bonds is 8. The maximum absolute atomic E-state index is 5.71. The second kappa shape index (κ2) is 7.20. The van der Waals surface area contributed by atoms with Gasteiger partial charge in [-0.3, -0.25) is 0 Å². The predicted molar refractivity (Wildman–Crippen MR) is 85.1 cm³/mol. The van der Waals surface area contributed by atoms with E-state index in [-0.39, 0.29) is 11.2 Å². The van der Waals surface area contributed by atoms with Crippen molar-refractivity contribution in [2.75, 3.05) is 0 Å². The van der Waals surface area contributed by atoms with Crippen LogP contribution in [0.3, 0.4) is 0 Å². The molecule has 0 saturated carbocycles. The zero-order valence-electron chi connectivity index (χ0n) is 13.6. The fourth-order valence-corrected chi connectivity index (χ4v) is 2.78. The molecular formula is C14H28O4S2. The van der Waals surface area contributed by atoms with Gasteiger partial charge in [0.05, 0.1) is 15.8 Å². The van der Waals surface area contributed by atoms with Gasteiger partial charge in [-0.05, 0) is 41.5 Å². The Kier molecular flexibility index (Phi) is 6.69. The zero-order chi connectivity index (χ0) is 15.4. The van der Waals surface area contributed by atoms with E-state index in [1.54, 1.807) is 0 Å². The summed E-state index contributed by atoms with van der Waals surface area (Å²) in [4.78, 5) is 22.4. The van der Waals surface area contributed by atoms with Crippen molar-refractivity contribution >= 4 is 21.6 Å². The maximum Gasteiger partial charge on any atom is 0.235 e. The number of hydrogen-bond donors (Lipinski definition) is 0. The molecule has 0 radical (unpaired) electrons. The summed E-state index contributed by atoms with van der Waals surface area (Å²) >= 11 is 0. The quantitative estimate of drug-likeness (QED) is 0.203. The highest BCUT2D eigenvalue weighted by Crippen LogP contribution is 2.57. The molecule has 0 amide bonds. The Morgan fingerprint density at radius 1 is 0.800 bits per heavy atom. The fraction of sp³-hybridized carbons (Fsp3) is 1.00. The Hall–Kier alpha value is 0.540. The highest BCUT2D eigenvalue weighted by molar-refractivity contribution is 8.92. The highest BCUT2D eigenvalue weighted by atomic mass is 33.2. The van der Waals surface area contributed by atoms with E-state index in [0.717, 1.165) is 19.3 Å². The molecule has 0 aliphatic carbocycles. The molecular weight excluding hydrogens is 296 g/mol. The Morgan fingerprint density at radius 2 is 1.25 bits per heavy atom. The van der Waals surface area contributed by atoms with Crippen molar-refractivity contribution in [3.8, 4) is 0 Å². The van der Waals surface area contributed by atoms with Crippen LogP contribution < -0.4 is 0 Å². The summed E-state index contributed by atoms with van der Waals surface area (Å²) in [5, 5.41) is 0. The summed E-state index contributed by atoms with van der Waals surface area (Å²) in [6, 6.07) is 0. The van der Waals surface area contributed by atoms with E-state index < -0.39 is 5.79 Å². The Bertz CT molecular complexity index is 275. The standard InChI is InChI=1S/C14H28O4S2/c1-8-9-14(10-11-19-20-11,17-15-12(2,3)4)18-16-13(5,6)7/h11H,8-10H2,1-7H3. The second-order valence-corrected chi connectivity index (χ2v) is 10.0. The van der Waals surface area contributed by atoms with Gasteiger partial charge >= 0.3 is 0 Å². The lowest BCUT2D eigenvalue weighted by molar-refractivity contribution is -0.542. The topological polar surface area (TPSA) is 36.9 Å². The Labute approximate surface area is 130 Å². The molecule has 120 valence electrons. The van der Waals surface area contributed by atoms with Crippen LogP contribution in [0.25, 0.3) is 0 Å². The van der Waals surface area contributed by atoms with Gasteiger partial charge in [0.15, 0.2) is 0 Å². The molecule has 20 heavy (non-hydrogen) atoms. The SMILES string of the molecule is CCCC(CC1SS1)(OOC(C)(C)C)OOC(C)(C)C. The first-order valence-electron chi connectivity index (χ1n) is 7.11. The van der Waals surface area contributed by atoms with Gasteiger partial charge in [0.1, 0.15) is 0 Å². The third-order valence-corrected chi connectivity index (χ3v) is 4.42. The molecule has 4 nitrogen and oxygen atoms in total. The molecule has 0 atom stereocenters. The van der Waals surface area contributed by atoms with Crippen molar-refractivity contribution in [2.45, 2.75) is 89.3 Å². The molecule has 0 aromatic heterocycles. The summed E-state index contributed by atoms with van der Waals surface area (Å²) in [5.41, 5.74) is -0.762. The molecule has 1 rings (SSSR count). The minimum atomic E-state index is -0.837. The van der Waals surface area contributed by atoms with Crippen LogP contribution in [0.15, 0.2) is 0 Å². The van der Waals surface area contributed by atoms with Crippen LogP contribution in [0.4, 0.5) is 0 Å². The van der Waals surface area contributed by atoms with Gasteiger partial charge in [-0.2, -0.15) is 9.78 Å². The lowest BCUT2D eigenvalue weighted by atomic mass is 10.1. The van der Waals surface area contributed by atoms with Gasteiger partial charge in [0.2, 0.25) is 5.79 Å². The molecule has 0 bridgehead atoms. The predicted octanol–water partition coefficient (Wildman–Crippen LogP) is 5.09. The molecule has 0 aromatic rings. The molecule has 0 N–H and O–H groups in total. The van der Waals surface area contributed by atoms with Crippen LogP contribution in [0.1, 0.15) is 67.7 Å². The van der Waals surface area contributed by atoms with Crippen LogP contribution in [0.2, 0.25) is 0 Å². The smallest absolute Gasteiger partial charge is 0.228 e. The van der Waals surface area contributed by atoms with Crippen molar-refractivity contribution in [1.82, 2.24) is 0 Å². The first-order valence-corrected chi connectivity index (χ1v) is 9.39. The molecule has 1 saturated heterocycles. The van der Waals surface area contributed by atoms with Crippen LogP contribution in [0.5, 0.6) is 0 Å². The molecule has 1 heterocycles. The largest absolute Gasteiger partial charge is 0.235 e. The van der Waals surface area contributed by atoms with E-state index in [1.165, 1.54) is 0 Å². The van der Waals surface area contributed by atoms with Gasteiger partial charge in [-0.1, -0.05) is 34.9 Å². The molecule has 0 aromatic carbocycles.